The molecule has 0 aliphatic carbocycles. The Labute approximate surface area is 147 Å². The Kier molecular flexibility index (Phi) is 4.49. The highest BCUT2D eigenvalue weighted by Crippen LogP contribution is 2.33. The third kappa shape index (κ3) is 3.78. The topological polar surface area (TPSA) is 92.8 Å². The third-order valence-corrected chi connectivity index (χ3v) is 6.48. The maximum Gasteiger partial charge on any atom is 0.267 e. The van der Waals surface area contributed by atoms with Gasteiger partial charge >= 0.3 is 0 Å². The third-order valence-electron chi connectivity index (χ3n) is 4.58. The first-order valence-electron chi connectivity index (χ1n) is 8.28. The van der Waals surface area contributed by atoms with E-state index in [9.17, 15) is 18.0 Å². The van der Waals surface area contributed by atoms with Crippen molar-refractivity contribution < 1.29 is 22.7 Å². The molecule has 25 heavy (non-hydrogen) atoms. The number of anilines is 1. The Hall–Kier alpha value is -2.09. The lowest BCUT2D eigenvalue weighted by Crippen LogP contribution is -2.49. The largest absolute Gasteiger partial charge is 0.479 e. The fraction of sp³-hybridized carbons (Fsp3) is 0.529. The number of nitrogens with one attached hydrogen (secondary N) is 1. The summed E-state index contributed by atoms with van der Waals surface area (Å²) in [5.41, 5.74) is -0.0797. The van der Waals surface area contributed by atoms with Gasteiger partial charge in [-0.2, -0.15) is 0 Å². The van der Waals surface area contributed by atoms with Gasteiger partial charge in [-0.3, -0.25) is 9.59 Å². The Morgan fingerprint density at radius 3 is 2.80 bits per heavy atom. The van der Waals surface area contributed by atoms with Gasteiger partial charge in [0.1, 0.15) is 5.75 Å². The smallest absolute Gasteiger partial charge is 0.267 e. The van der Waals surface area contributed by atoms with Crippen molar-refractivity contribution in [2.45, 2.75) is 38.3 Å². The summed E-state index contributed by atoms with van der Waals surface area (Å²) in [5, 5.41) is 2.81. The van der Waals surface area contributed by atoms with Gasteiger partial charge in [-0.05, 0) is 32.4 Å². The number of fused-ring (bicyclic) bond motifs is 1. The van der Waals surface area contributed by atoms with Crippen molar-refractivity contribution in [2.24, 2.45) is 0 Å². The van der Waals surface area contributed by atoms with Crippen LogP contribution >= 0.6 is 0 Å². The van der Waals surface area contributed by atoms with Crippen LogP contribution in [0, 0.1) is 0 Å². The average Bonchev–Trinajstić information content (AvgIpc) is 2.81. The number of carbonyl (C=O) groups is 2. The van der Waals surface area contributed by atoms with E-state index >= 15 is 0 Å². The molecule has 7 nitrogen and oxygen atoms in total. The van der Waals surface area contributed by atoms with E-state index in [0.29, 0.717) is 17.9 Å². The molecule has 0 radical (unpaired) electrons. The molecule has 1 fully saturated rings. The first-order valence-corrected chi connectivity index (χ1v) is 10.1. The van der Waals surface area contributed by atoms with E-state index in [4.69, 9.17) is 4.74 Å². The van der Waals surface area contributed by atoms with Crippen molar-refractivity contribution in [3.05, 3.63) is 24.3 Å². The Bertz CT molecular complexity index is 807. The lowest BCUT2D eigenvalue weighted by atomic mass is 10.0. The maximum atomic E-state index is 12.4. The lowest BCUT2D eigenvalue weighted by molar-refractivity contribution is -0.125. The fourth-order valence-corrected chi connectivity index (χ4v) is 5.40. The number of hydrogen-bond acceptors (Lipinski definition) is 5. The van der Waals surface area contributed by atoms with Crippen LogP contribution in [0.25, 0.3) is 0 Å². The predicted molar refractivity (Wildman–Crippen MR) is 93.3 cm³/mol. The van der Waals surface area contributed by atoms with E-state index in [0.717, 1.165) is 0 Å². The number of benzene rings is 1. The van der Waals surface area contributed by atoms with E-state index in [1.54, 1.807) is 30.9 Å². The van der Waals surface area contributed by atoms with Crippen molar-refractivity contribution in [1.29, 1.82) is 0 Å². The fourth-order valence-electron chi connectivity index (χ4n) is 3.31. The van der Waals surface area contributed by atoms with Gasteiger partial charge in [0.25, 0.3) is 5.91 Å². The average molecular weight is 366 g/mol. The van der Waals surface area contributed by atoms with E-state index in [1.165, 1.54) is 0 Å². The zero-order valence-electron chi connectivity index (χ0n) is 14.3. The molecule has 0 spiro atoms. The summed E-state index contributed by atoms with van der Waals surface area (Å²) >= 11 is 0. The number of hydrogen-bond donors (Lipinski definition) is 1. The van der Waals surface area contributed by atoms with Gasteiger partial charge in [0.15, 0.2) is 15.9 Å². The minimum absolute atomic E-state index is 0.0396. The molecule has 0 bridgehead atoms. The number of amides is 2. The number of para-hydroxylation sites is 2. The highest BCUT2D eigenvalue weighted by Gasteiger charge is 2.39. The Balaban J connectivity index is 1.65. The van der Waals surface area contributed by atoms with Crippen LogP contribution in [0.2, 0.25) is 0 Å². The molecular weight excluding hydrogens is 344 g/mol. The molecule has 0 aromatic heterocycles. The van der Waals surface area contributed by atoms with Gasteiger partial charge in [-0.25, -0.2) is 8.42 Å². The van der Waals surface area contributed by atoms with Crippen LogP contribution in [0.5, 0.6) is 5.75 Å². The van der Waals surface area contributed by atoms with Crippen LogP contribution in [-0.4, -0.2) is 49.9 Å². The minimum atomic E-state index is -3.09. The Morgan fingerprint density at radius 2 is 2.12 bits per heavy atom. The number of carbonyl (C=O) groups excluding carboxylic acids is 2. The molecule has 8 heteroatoms. The first kappa shape index (κ1) is 17.7. The van der Waals surface area contributed by atoms with E-state index in [1.807, 2.05) is 12.1 Å². The number of nitrogens with zero attached hydrogens (tertiary/aromatic N) is 1. The molecule has 2 amide bonds. The quantitative estimate of drug-likeness (QED) is 0.854. The summed E-state index contributed by atoms with van der Waals surface area (Å²) in [7, 11) is -3.09. The number of sulfone groups is 1. The van der Waals surface area contributed by atoms with Crippen LogP contribution in [0.4, 0.5) is 5.69 Å². The van der Waals surface area contributed by atoms with Crippen LogP contribution < -0.4 is 15.0 Å². The zero-order valence-corrected chi connectivity index (χ0v) is 15.1. The summed E-state index contributed by atoms with van der Waals surface area (Å²) < 4.78 is 28.8. The highest BCUT2D eigenvalue weighted by molar-refractivity contribution is 7.91. The molecule has 2 heterocycles. The normalized spacial score (nSPS) is 27.5. The standard InChI is InChI=1S/C17H22N2O5S/c1-12-16(21)19(13-5-3-4-6-14(13)24-12)9-7-15(20)18-17(2)8-10-25(22,23)11-17/h3-6,12H,7-11H2,1-2H3,(H,18,20)/t12-,17+/m0/s1. The second kappa shape index (κ2) is 6.33. The molecule has 3 rings (SSSR count). The molecule has 0 unspecified atom stereocenters. The van der Waals surface area contributed by atoms with Gasteiger partial charge in [-0.15, -0.1) is 0 Å². The molecule has 1 aromatic carbocycles. The highest BCUT2D eigenvalue weighted by atomic mass is 32.2. The summed E-state index contributed by atoms with van der Waals surface area (Å²) in [4.78, 5) is 26.2. The van der Waals surface area contributed by atoms with Gasteiger partial charge in [0, 0.05) is 13.0 Å². The maximum absolute atomic E-state index is 12.4. The second-order valence-corrected chi connectivity index (χ2v) is 9.10. The molecule has 1 saturated heterocycles. The van der Waals surface area contributed by atoms with E-state index in [2.05, 4.69) is 5.32 Å². The number of ether oxygens (including phenoxy) is 1. The van der Waals surface area contributed by atoms with Crippen molar-refractivity contribution in [1.82, 2.24) is 5.32 Å². The summed E-state index contributed by atoms with van der Waals surface area (Å²) in [6.45, 7) is 3.64. The first-order chi connectivity index (χ1) is 11.7. The van der Waals surface area contributed by atoms with Crippen LogP contribution in [0.3, 0.4) is 0 Å². The minimum Gasteiger partial charge on any atom is -0.479 e. The molecule has 1 aromatic rings. The van der Waals surface area contributed by atoms with Crippen molar-refractivity contribution >= 4 is 27.3 Å². The predicted octanol–water partition coefficient (Wildman–Crippen LogP) is 0.884. The monoisotopic (exact) mass is 366 g/mol. The summed E-state index contributed by atoms with van der Waals surface area (Å²) in [6, 6.07) is 7.20. The Morgan fingerprint density at radius 1 is 1.40 bits per heavy atom. The van der Waals surface area contributed by atoms with E-state index in [-0.39, 0.29) is 36.3 Å². The summed E-state index contributed by atoms with van der Waals surface area (Å²) in [6.07, 6.45) is -0.0877. The molecule has 2 atom stereocenters. The zero-order chi connectivity index (χ0) is 18.2. The molecular formula is C17H22N2O5S. The SMILES string of the molecule is C[C@@H]1Oc2ccccc2N(CCC(=O)N[C@]2(C)CCS(=O)(=O)C2)C1=O. The van der Waals surface area contributed by atoms with Crippen molar-refractivity contribution in [3.8, 4) is 5.75 Å². The molecule has 136 valence electrons. The summed E-state index contributed by atoms with van der Waals surface area (Å²) in [5.74, 6) is 0.215. The molecule has 1 N–H and O–H groups in total. The molecule has 0 saturated carbocycles. The van der Waals surface area contributed by atoms with Gasteiger partial charge in [0.2, 0.25) is 5.91 Å². The second-order valence-electron chi connectivity index (χ2n) is 6.92. The van der Waals surface area contributed by atoms with Crippen LogP contribution in [-0.2, 0) is 19.4 Å². The van der Waals surface area contributed by atoms with Gasteiger partial charge < -0.3 is 15.0 Å². The molecule has 2 aliphatic rings. The van der Waals surface area contributed by atoms with Gasteiger partial charge in [-0.1, -0.05) is 12.1 Å². The van der Waals surface area contributed by atoms with Crippen LogP contribution in [0.1, 0.15) is 26.7 Å². The molecule has 2 aliphatic heterocycles. The van der Waals surface area contributed by atoms with Gasteiger partial charge in [0.05, 0.1) is 22.7 Å². The van der Waals surface area contributed by atoms with Crippen molar-refractivity contribution in [2.75, 3.05) is 23.0 Å². The van der Waals surface area contributed by atoms with E-state index < -0.39 is 21.5 Å². The van der Waals surface area contributed by atoms with Crippen LogP contribution in [0.15, 0.2) is 24.3 Å². The lowest BCUT2D eigenvalue weighted by Gasteiger charge is -2.33. The van der Waals surface area contributed by atoms with Crippen molar-refractivity contribution in [3.63, 3.8) is 0 Å². The number of rotatable bonds is 4.